The first-order chi connectivity index (χ1) is 16.5. The van der Waals surface area contributed by atoms with E-state index in [2.05, 4.69) is 0 Å². The molecule has 0 aliphatic carbocycles. The summed E-state index contributed by atoms with van der Waals surface area (Å²) in [6.07, 6.45) is 3.63. The Labute approximate surface area is 190 Å². The minimum Gasteiger partial charge on any atom is -0.490 e. The van der Waals surface area contributed by atoms with Crippen molar-refractivity contribution < 1.29 is 18.5 Å². The number of aromatic amines is 2. The summed E-state index contributed by atoms with van der Waals surface area (Å²) < 4.78 is 22.6. The first kappa shape index (κ1) is 22.5. The molecule has 0 aliphatic rings. The highest BCUT2D eigenvalue weighted by molar-refractivity contribution is 5.28. The zero-order valence-electron chi connectivity index (χ0n) is 17.8. The molecule has 0 unspecified atom stereocenters. The van der Waals surface area contributed by atoms with Crippen molar-refractivity contribution >= 4 is 0 Å². The number of benzene rings is 2. The van der Waals surface area contributed by atoms with Gasteiger partial charge in [0.25, 0.3) is 0 Å². The van der Waals surface area contributed by atoms with Gasteiger partial charge < -0.3 is 18.5 Å². The van der Waals surface area contributed by atoms with Gasteiger partial charge in [-0.1, -0.05) is 24.3 Å². The minimum absolute atomic E-state index is 0.136. The maximum absolute atomic E-state index is 11.5. The number of hydrogen-bond donors (Lipinski definition) is 2. The molecule has 2 aromatic carbocycles. The van der Waals surface area contributed by atoms with Crippen LogP contribution in [-0.4, -0.2) is 32.7 Å². The van der Waals surface area contributed by atoms with Crippen LogP contribution in [0.2, 0.25) is 0 Å². The second-order valence-electron chi connectivity index (χ2n) is 7.07. The molecule has 2 heterocycles. The van der Waals surface area contributed by atoms with Crippen LogP contribution < -0.4 is 32.4 Å². The molecule has 12 heteroatoms. The smallest absolute Gasteiger partial charge is 0.440 e. The molecule has 0 spiro atoms. The monoisotopic (exact) mass is 468 g/mol. The summed E-state index contributed by atoms with van der Waals surface area (Å²) >= 11 is 0. The highest BCUT2D eigenvalue weighted by Crippen LogP contribution is 2.14. The van der Waals surface area contributed by atoms with Gasteiger partial charge in [-0.3, -0.25) is 0 Å². The SMILES string of the molecule is O=c1[nH]c(=O)n(Cc2ccc(OCC=CCOc3ccc(Cn4oc(=O)[nH]c4=O)cc3)cc2)o1. The Bertz CT molecular complexity index is 1370. The molecule has 12 nitrogen and oxygen atoms in total. The summed E-state index contributed by atoms with van der Waals surface area (Å²) in [5.41, 5.74) is 0.350. The molecule has 0 fully saturated rings. The minimum atomic E-state index is -0.792. The third kappa shape index (κ3) is 5.94. The lowest BCUT2D eigenvalue weighted by molar-refractivity contribution is 0.258. The van der Waals surface area contributed by atoms with E-state index >= 15 is 0 Å². The first-order valence-electron chi connectivity index (χ1n) is 10.2. The first-order valence-corrected chi connectivity index (χ1v) is 10.2. The average molecular weight is 468 g/mol. The average Bonchev–Trinajstić information content (AvgIpc) is 3.31. The number of ether oxygens (including phenoxy) is 2. The molecule has 0 bridgehead atoms. The fourth-order valence-corrected chi connectivity index (χ4v) is 2.97. The molecule has 0 atom stereocenters. The molecule has 0 saturated carbocycles. The zero-order chi connectivity index (χ0) is 23.9. The lowest BCUT2D eigenvalue weighted by Gasteiger charge is -2.06. The third-order valence-corrected chi connectivity index (χ3v) is 4.62. The largest absolute Gasteiger partial charge is 0.490 e. The fourth-order valence-electron chi connectivity index (χ4n) is 2.97. The number of rotatable bonds is 10. The summed E-state index contributed by atoms with van der Waals surface area (Å²) in [4.78, 5) is 49.0. The molecule has 0 radical (unpaired) electrons. The van der Waals surface area contributed by atoms with E-state index in [0.29, 0.717) is 24.7 Å². The predicted octanol–water partition coefficient (Wildman–Crippen LogP) is 0.683. The van der Waals surface area contributed by atoms with Gasteiger partial charge in [0.05, 0.1) is 13.1 Å². The van der Waals surface area contributed by atoms with Crippen molar-refractivity contribution in [1.29, 1.82) is 0 Å². The summed E-state index contributed by atoms with van der Waals surface area (Å²) in [6, 6.07) is 14.1. The van der Waals surface area contributed by atoms with Crippen molar-refractivity contribution in [3.63, 3.8) is 0 Å². The number of nitrogens with one attached hydrogen (secondary N) is 2. The molecule has 4 rings (SSSR count). The Balaban J connectivity index is 1.18. The van der Waals surface area contributed by atoms with E-state index in [1.807, 2.05) is 22.1 Å². The lowest BCUT2D eigenvalue weighted by atomic mass is 10.2. The highest BCUT2D eigenvalue weighted by atomic mass is 16.5. The highest BCUT2D eigenvalue weighted by Gasteiger charge is 2.05. The summed E-state index contributed by atoms with van der Waals surface area (Å²) in [7, 11) is 0. The second-order valence-corrected chi connectivity index (χ2v) is 7.07. The topological polar surface area (TPSA) is 154 Å². The van der Waals surface area contributed by atoms with Gasteiger partial charge in [-0.25, -0.2) is 29.1 Å². The van der Waals surface area contributed by atoms with E-state index in [4.69, 9.17) is 18.5 Å². The van der Waals surface area contributed by atoms with E-state index in [1.54, 1.807) is 48.5 Å². The predicted molar refractivity (Wildman–Crippen MR) is 118 cm³/mol. The van der Waals surface area contributed by atoms with Crippen molar-refractivity contribution in [3.05, 3.63) is 114 Å². The third-order valence-electron chi connectivity index (χ3n) is 4.62. The normalized spacial score (nSPS) is 11.2. The lowest BCUT2D eigenvalue weighted by Crippen LogP contribution is -2.17. The van der Waals surface area contributed by atoms with E-state index in [0.717, 1.165) is 20.6 Å². The Hall–Kier alpha value is -4.74. The number of hydrogen-bond acceptors (Lipinski definition) is 8. The van der Waals surface area contributed by atoms with Crippen molar-refractivity contribution in [2.45, 2.75) is 13.1 Å². The molecule has 176 valence electrons. The Morgan fingerprint density at radius 3 is 1.35 bits per heavy atom. The summed E-state index contributed by atoms with van der Waals surface area (Å²) in [5.74, 6) is -0.297. The maximum atomic E-state index is 11.5. The zero-order valence-corrected chi connectivity index (χ0v) is 17.8. The van der Waals surface area contributed by atoms with Crippen LogP contribution in [0, 0.1) is 0 Å². The van der Waals surface area contributed by atoms with Crippen LogP contribution in [0.25, 0.3) is 0 Å². The van der Waals surface area contributed by atoms with Crippen LogP contribution in [0.15, 0.2) is 88.9 Å². The number of aromatic nitrogens is 4. The van der Waals surface area contributed by atoms with Gasteiger partial charge in [0.15, 0.2) is 0 Å². The van der Waals surface area contributed by atoms with Crippen LogP contribution in [0.4, 0.5) is 0 Å². The van der Waals surface area contributed by atoms with Gasteiger partial charge in [0, 0.05) is 0 Å². The van der Waals surface area contributed by atoms with Gasteiger partial charge in [-0.2, -0.15) is 0 Å². The standard InChI is InChI=1S/C22H20N4O8/c27-19-23-21(29)33-25(19)13-15-3-7-17(8-4-15)31-11-1-2-12-32-18-9-5-16(6-10-18)14-26-20(28)24-22(30)34-26/h1-10H,11-14H2,(H,23,27,29)(H,24,28,30). The molecule has 4 aromatic rings. The molecule has 0 aliphatic heterocycles. The van der Waals surface area contributed by atoms with Gasteiger partial charge in [0.2, 0.25) is 0 Å². The van der Waals surface area contributed by atoms with Gasteiger partial charge in [0.1, 0.15) is 24.7 Å². The van der Waals surface area contributed by atoms with Crippen molar-refractivity contribution in [2.24, 2.45) is 0 Å². The summed E-state index contributed by atoms with van der Waals surface area (Å²) in [6.45, 7) is 0.947. The quantitative estimate of drug-likeness (QED) is 0.322. The van der Waals surface area contributed by atoms with Crippen molar-refractivity contribution in [3.8, 4) is 11.5 Å². The van der Waals surface area contributed by atoms with E-state index < -0.39 is 22.9 Å². The van der Waals surface area contributed by atoms with E-state index in [9.17, 15) is 19.2 Å². The number of nitrogens with zero attached hydrogens (tertiary/aromatic N) is 2. The second kappa shape index (κ2) is 10.3. The van der Waals surface area contributed by atoms with Crippen molar-refractivity contribution in [2.75, 3.05) is 13.2 Å². The van der Waals surface area contributed by atoms with Crippen LogP contribution in [0.3, 0.4) is 0 Å². The van der Waals surface area contributed by atoms with Crippen LogP contribution in [0.1, 0.15) is 11.1 Å². The van der Waals surface area contributed by atoms with Crippen LogP contribution in [-0.2, 0) is 13.1 Å². The fraction of sp³-hybridized carbons (Fsp3) is 0.182. The van der Waals surface area contributed by atoms with Crippen molar-refractivity contribution in [1.82, 2.24) is 19.4 Å². The Morgan fingerprint density at radius 1 is 0.647 bits per heavy atom. The van der Waals surface area contributed by atoms with Gasteiger partial charge >= 0.3 is 22.9 Å². The number of H-pyrrole nitrogens is 2. The van der Waals surface area contributed by atoms with E-state index in [-0.39, 0.29) is 13.1 Å². The summed E-state index contributed by atoms with van der Waals surface area (Å²) in [5, 5.41) is 0. The molecule has 0 amide bonds. The molecule has 2 aromatic heterocycles. The van der Waals surface area contributed by atoms with Gasteiger partial charge in [-0.05, 0) is 47.5 Å². The maximum Gasteiger partial charge on any atom is 0.440 e. The van der Waals surface area contributed by atoms with Gasteiger partial charge in [-0.15, -0.1) is 9.48 Å². The molecule has 0 saturated heterocycles. The molecule has 34 heavy (non-hydrogen) atoms. The molecular weight excluding hydrogens is 448 g/mol. The molecule has 2 N–H and O–H groups in total. The van der Waals surface area contributed by atoms with Crippen LogP contribution in [0.5, 0.6) is 11.5 Å². The van der Waals surface area contributed by atoms with E-state index in [1.165, 1.54) is 0 Å². The van der Waals surface area contributed by atoms with Crippen LogP contribution >= 0.6 is 0 Å². The Kier molecular flexibility index (Phi) is 6.77. The molecular formula is C22H20N4O8. The Morgan fingerprint density at radius 2 is 1.03 bits per heavy atom.